The van der Waals surface area contributed by atoms with Crippen LogP contribution >= 0.6 is 0 Å². The molecule has 0 saturated heterocycles. The van der Waals surface area contributed by atoms with Crippen molar-refractivity contribution in [2.45, 2.75) is 6.92 Å². The summed E-state index contributed by atoms with van der Waals surface area (Å²) in [6.45, 7) is 1.76. The Morgan fingerprint density at radius 1 is 0.967 bits per heavy atom. The van der Waals surface area contributed by atoms with Crippen molar-refractivity contribution in [3.63, 3.8) is 0 Å². The van der Waals surface area contributed by atoms with Crippen LogP contribution in [-0.2, 0) is 4.84 Å². The molecule has 7 nitrogen and oxygen atoms in total. The molecule has 0 aliphatic heterocycles. The molecule has 0 unspecified atom stereocenters. The van der Waals surface area contributed by atoms with Gasteiger partial charge in [-0.2, -0.15) is 0 Å². The van der Waals surface area contributed by atoms with Crippen molar-refractivity contribution in [2.75, 3.05) is 0 Å². The minimum Gasteiger partial charge on any atom is -0.316 e. The monoisotopic (exact) mass is 399 g/mol. The molecule has 0 saturated carbocycles. The molecule has 0 fully saturated rings. The molecule has 7 heteroatoms. The van der Waals surface area contributed by atoms with Gasteiger partial charge >= 0.3 is 5.97 Å². The lowest BCUT2D eigenvalue weighted by molar-refractivity contribution is -0.384. The molecule has 0 bridgehead atoms. The van der Waals surface area contributed by atoms with Gasteiger partial charge < -0.3 is 9.40 Å². The average molecular weight is 399 g/mol. The maximum Gasteiger partial charge on any atom is 0.365 e. The van der Waals surface area contributed by atoms with Gasteiger partial charge in [0.15, 0.2) is 0 Å². The quantitative estimate of drug-likeness (QED) is 0.202. The van der Waals surface area contributed by atoms with E-state index in [4.69, 9.17) is 4.84 Å². The van der Waals surface area contributed by atoms with E-state index in [-0.39, 0.29) is 5.69 Å². The summed E-state index contributed by atoms with van der Waals surface area (Å²) in [5.74, 6) is -0.533. The first kappa shape index (κ1) is 19.1. The van der Waals surface area contributed by atoms with Crippen LogP contribution in [0.15, 0.2) is 90.2 Å². The van der Waals surface area contributed by atoms with E-state index in [1.165, 1.54) is 12.1 Å². The zero-order valence-corrected chi connectivity index (χ0v) is 16.1. The number of nitro benzene ring substituents is 1. The lowest BCUT2D eigenvalue weighted by Crippen LogP contribution is -2.03. The molecule has 1 heterocycles. The number of nitrogens with zero attached hydrogens (tertiary/aromatic N) is 3. The third-order valence-corrected chi connectivity index (χ3v) is 4.72. The van der Waals surface area contributed by atoms with Gasteiger partial charge in [-0.15, -0.1) is 0 Å². The Morgan fingerprint density at radius 3 is 2.33 bits per heavy atom. The molecule has 4 rings (SSSR count). The smallest absolute Gasteiger partial charge is 0.316 e. The minimum absolute atomic E-state index is 0.0287. The van der Waals surface area contributed by atoms with Gasteiger partial charge in [-0.05, 0) is 37.3 Å². The van der Waals surface area contributed by atoms with Crippen molar-refractivity contribution >= 4 is 28.3 Å². The van der Waals surface area contributed by atoms with Crippen LogP contribution in [0.4, 0.5) is 5.69 Å². The zero-order valence-electron chi connectivity index (χ0n) is 16.1. The zero-order chi connectivity index (χ0) is 21.1. The van der Waals surface area contributed by atoms with Crippen LogP contribution in [0, 0.1) is 10.1 Å². The summed E-state index contributed by atoms with van der Waals surface area (Å²) in [7, 11) is 0. The molecule has 148 valence electrons. The predicted octanol–water partition coefficient (Wildman–Crippen LogP) is 5.12. The maximum atomic E-state index is 12.2. The number of hydrogen-bond donors (Lipinski definition) is 0. The standard InChI is InChI=1S/C23H17N3O4/c1-16(24-30-23(27)17-7-3-2-4-8-17)21-15-25(22-10-6-5-9-20(21)22)18-11-13-19(14-12-18)26(28)29/h2-15H,1H3/b24-16+. The molecule has 30 heavy (non-hydrogen) atoms. The van der Waals surface area contributed by atoms with Gasteiger partial charge in [0.1, 0.15) is 0 Å². The number of aromatic nitrogens is 1. The van der Waals surface area contributed by atoms with Crippen LogP contribution in [0.1, 0.15) is 22.8 Å². The number of nitro groups is 1. The van der Waals surface area contributed by atoms with E-state index in [1.807, 2.05) is 41.1 Å². The summed E-state index contributed by atoms with van der Waals surface area (Å²) < 4.78 is 1.92. The second-order valence-electron chi connectivity index (χ2n) is 6.62. The van der Waals surface area contributed by atoms with Crippen molar-refractivity contribution in [3.05, 3.63) is 106 Å². The van der Waals surface area contributed by atoms with E-state index in [9.17, 15) is 14.9 Å². The lowest BCUT2D eigenvalue weighted by Gasteiger charge is -2.04. The Bertz CT molecular complexity index is 1260. The van der Waals surface area contributed by atoms with Crippen molar-refractivity contribution in [2.24, 2.45) is 5.16 Å². The van der Waals surface area contributed by atoms with Crippen molar-refractivity contribution in [3.8, 4) is 5.69 Å². The molecule has 0 amide bonds. The fourth-order valence-corrected chi connectivity index (χ4v) is 3.20. The number of carbonyl (C=O) groups is 1. The first-order valence-electron chi connectivity index (χ1n) is 9.21. The number of non-ortho nitro benzene ring substituents is 1. The average Bonchev–Trinajstić information content (AvgIpc) is 3.18. The molecule has 4 aromatic rings. The number of rotatable bonds is 5. The van der Waals surface area contributed by atoms with Crippen LogP contribution < -0.4 is 0 Å². The van der Waals surface area contributed by atoms with Gasteiger partial charge in [-0.3, -0.25) is 10.1 Å². The largest absolute Gasteiger partial charge is 0.365 e. The van der Waals surface area contributed by atoms with Gasteiger partial charge in [-0.1, -0.05) is 41.6 Å². The number of para-hydroxylation sites is 1. The first-order valence-corrected chi connectivity index (χ1v) is 9.21. The number of fused-ring (bicyclic) bond motifs is 1. The molecule has 0 aliphatic rings. The topological polar surface area (TPSA) is 86.7 Å². The van der Waals surface area contributed by atoms with E-state index in [1.54, 1.807) is 43.3 Å². The lowest BCUT2D eigenvalue weighted by atomic mass is 10.1. The first-order chi connectivity index (χ1) is 14.5. The molecule has 0 radical (unpaired) electrons. The van der Waals surface area contributed by atoms with Crippen LogP contribution in [0.5, 0.6) is 0 Å². The van der Waals surface area contributed by atoms with Crippen molar-refractivity contribution in [1.29, 1.82) is 0 Å². The maximum absolute atomic E-state index is 12.2. The Balaban J connectivity index is 1.69. The van der Waals surface area contributed by atoms with Crippen LogP contribution in [0.3, 0.4) is 0 Å². The summed E-state index contributed by atoms with van der Waals surface area (Å²) in [6, 6.07) is 22.7. The van der Waals surface area contributed by atoms with Crippen LogP contribution in [-0.4, -0.2) is 21.2 Å². The Hall–Kier alpha value is -4.26. The van der Waals surface area contributed by atoms with E-state index >= 15 is 0 Å². The highest BCUT2D eigenvalue weighted by Gasteiger charge is 2.14. The molecule has 0 spiro atoms. The predicted molar refractivity (Wildman–Crippen MR) is 114 cm³/mol. The molecule has 0 atom stereocenters. The normalized spacial score (nSPS) is 11.4. The van der Waals surface area contributed by atoms with Crippen LogP contribution in [0.2, 0.25) is 0 Å². The highest BCUT2D eigenvalue weighted by Crippen LogP contribution is 2.26. The Kier molecular flexibility index (Phi) is 5.09. The van der Waals surface area contributed by atoms with E-state index in [0.29, 0.717) is 11.3 Å². The summed E-state index contributed by atoms with van der Waals surface area (Å²) in [4.78, 5) is 27.8. The van der Waals surface area contributed by atoms with Gasteiger partial charge in [0.25, 0.3) is 5.69 Å². The molecule has 0 aliphatic carbocycles. The summed E-state index contributed by atoms with van der Waals surface area (Å²) in [6.07, 6.45) is 1.88. The SMILES string of the molecule is C/C(=N\OC(=O)c1ccccc1)c1cn(-c2ccc([N+](=O)[O-])cc2)c2ccccc12. The fourth-order valence-electron chi connectivity index (χ4n) is 3.20. The number of hydrogen-bond acceptors (Lipinski definition) is 5. The van der Waals surface area contributed by atoms with Gasteiger partial charge in [0, 0.05) is 35.0 Å². The van der Waals surface area contributed by atoms with Crippen LogP contribution in [0.25, 0.3) is 16.6 Å². The van der Waals surface area contributed by atoms with E-state index in [0.717, 1.165) is 22.2 Å². The Labute approximate surface area is 172 Å². The number of benzene rings is 3. The second-order valence-corrected chi connectivity index (χ2v) is 6.62. The highest BCUT2D eigenvalue weighted by atomic mass is 16.7. The minimum atomic E-state index is -0.533. The summed E-state index contributed by atoms with van der Waals surface area (Å²) >= 11 is 0. The molecule has 1 aromatic heterocycles. The molecular formula is C23H17N3O4. The van der Waals surface area contributed by atoms with E-state index in [2.05, 4.69) is 5.16 Å². The second kappa shape index (κ2) is 8.00. The fraction of sp³-hybridized carbons (Fsp3) is 0.0435. The third-order valence-electron chi connectivity index (χ3n) is 4.72. The van der Waals surface area contributed by atoms with E-state index < -0.39 is 10.9 Å². The number of oxime groups is 1. The van der Waals surface area contributed by atoms with Crippen molar-refractivity contribution < 1.29 is 14.6 Å². The van der Waals surface area contributed by atoms with Crippen molar-refractivity contribution in [1.82, 2.24) is 4.57 Å². The van der Waals surface area contributed by atoms with Gasteiger partial charge in [0.05, 0.1) is 21.7 Å². The molecular weight excluding hydrogens is 382 g/mol. The third kappa shape index (κ3) is 3.68. The highest BCUT2D eigenvalue weighted by molar-refractivity contribution is 6.10. The summed E-state index contributed by atoms with van der Waals surface area (Å²) in [5.41, 5.74) is 3.46. The Morgan fingerprint density at radius 2 is 1.63 bits per heavy atom. The van der Waals surface area contributed by atoms with Gasteiger partial charge in [-0.25, -0.2) is 4.79 Å². The number of carbonyl (C=O) groups excluding carboxylic acids is 1. The molecule has 3 aromatic carbocycles. The molecule has 0 N–H and O–H groups in total. The van der Waals surface area contributed by atoms with Gasteiger partial charge in [0.2, 0.25) is 0 Å². The summed E-state index contributed by atoms with van der Waals surface area (Å²) in [5, 5.41) is 15.9.